The molecule has 144 valence electrons. The monoisotopic (exact) mass is 443 g/mol. The molecule has 0 aliphatic rings. The Morgan fingerprint density at radius 2 is 1.66 bits per heavy atom. The Morgan fingerprint density at radius 3 is 2.28 bits per heavy atom. The largest absolute Gasteiger partial charge is 0.419 e. The molecule has 2 aromatic heterocycles. The van der Waals surface area contributed by atoms with Gasteiger partial charge in [-0.05, 0) is 5.56 Å². The summed E-state index contributed by atoms with van der Waals surface area (Å²) in [7, 11) is 1.31. The Labute approximate surface area is 181 Å². The lowest BCUT2D eigenvalue weighted by atomic mass is 10.1. The van der Waals surface area contributed by atoms with E-state index in [4.69, 9.17) is 0 Å². The van der Waals surface area contributed by atoms with E-state index in [1.165, 1.54) is 26.1 Å². The number of benzene rings is 2. The number of hydrogen-bond donors (Lipinski definition) is 0. The Kier molecular flexibility index (Phi) is 5.84. The van der Waals surface area contributed by atoms with Crippen LogP contribution in [0.25, 0.3) is 15.6 Å². The topological polar surface area (TPSA) is 30.7 Å². The van der Waals surface area contributed by atoms with Crippen molar-refractivity contribution in [2.45, 2.75) is 17.6 Å². The molecule has 4 aromatic rings. The summed E-state index contributed by atoms with van der Waals surface area (Å²) < 4.78 is 42.3. The van der Waals surface area contributed by atoms with Gasteiger partial charge in [0.1, 0.15) is 15.0 Å². The molecule has 0 amide bonds. The Bertz CT molecular complexity index is 1110. The number of alkyl halides is 3. The zero-order chi connectivity index (χ0) is 20.4. The zero-order valence-corrected chi connectivity index (χ0v) is 17.7. The van der Waals surface area contributed by atoms with Crippen LogP contribution in [0.1, 0.15) is 16.8 Å². The molecular formula is C20H13AlF3N3S2. The van der Waals surface area contributed by atoms with Crippen molar-refractivity contribution in [2.24, 2.45) is 0 Å². The van der Waals surface area contributed by atoms with E-state index in [1.54, 1.807) is 24.3 Å². The van der Waals surface area contributed by atoms with Crippen LogP contribution in [-0.4, -0.2) is 29.9 Å². The van der Waals surface area contributed by atoms with E-state index in [2.05, 4.69) is 25.2 Å². The van der Waals surface area contributed by atoms with Crippen LogP contribution < -0.4 is 0 Å². The minimum atomic E-state index is -4.48. The van der Waals surface area contributed by atoms with Crippen molar-refractivity contribution < 1.29 is 13.2 Å². The maximum atomic E-state index is 13.7. The summed E-state index contributed by atoms with van der Waals surface area (Å²) >= 11 is 3.82. The molecule has 0 aliphatic heterocycles. The van der Waals surface area contributed by atoms with E-state index in [-0.39, 0.29) is 12.1 Å². The highest BCUT2D eigenvalue weighted by Crippen LogP contribution is 2.38. The highest BCUT2D eigenvalue weighted by atomic mass is 32.3. The van der Waals surface area contributed by atoms with Gasteiger partial charge in [0.15, 0.2) is 0 Å². The van der Waals surface area contributed by atoms with Crippen molar-refractivity contribution in [3.8, 4) is 15.6 Å². The Balaban J connectivity index is 1.78. The number of halogens is 3. The molecule has 9 heteroatoms. The van der Waals surface area contributed by atoms with E-state index >= 15 is 0 Å². The van der Waals surface area contributed by atoms with Crippen molar-refractivity contribution in [2.75, 3.05) is 0 Å². The van der Waals surface area contributed by atoms with Crippen molar-refractivity contribution in [1.29, 1.82) is 0 Å². The van der Waals surface area contributed by atoms with Crippen LogP contribution in [0.15, 0.2) is 71.9 Å². The van der Waals surface area contributed by atoms with Gasteiger partial charge >= 0.3 is 6.18 Å². The summed E-state index contributed by atoms with van der Waals surface area (Å²) in [6, 6.07) is 18.6. The van der Waals surface area contributed by atoms with Crippen LogP contribution in [-0.2, 0) is 12.6 Å². The van der Waals surface area contributed by atoms with E-state index in [0.717, 1.165) is 22.3 Å². The van der Waals surface area contributed by atoms with Crippen LogP contribution in [0.3, 0.4) is 0 Å². The second-order valence-corrected chi connectivity index (χ2v) is 8.51. The van der Waals surface area contributed by atoms with Gasteiger partial charge in [0.25, 0.3) is 0 Å². The summed E-state index contributed by atoms with van der Waals surface area (Å²) in [6.45, 7) is 0. The number of thiazole rings is 1. The van der Waals surface area contributed by atoms with Gasteiger partial charge in [0.05, 0.1) is 11.3 Å². The quantitative estimate of drug-likeness (QED) is 0.366. The second kappa shape index (κ2) is 8.36. The van der Waals surface area contributed by atoms with Gasteiger partial charge in [-0.1, -0.05) is 72.0 Å². The molecule has 0 saturated carbocycles. The average molecular weight is 443 g/mol. The summed E-state index contributed by atoms with van der Waals surface area (Å²) in [5.74, 6) is 0. The maximum absolute atomic E-state index is 13.7. The minimum absolute atomic E-state index is 0.00179. The van der Waals surface area contributed by atoms with Crippen molar-refractivity contribution in [1.82, 2.24) is 14.8 Å². The third-order valence-corrected chi connectivity index (χ3v) is 6.63. The standard InChI is InChI=1S/C20H14F3N3S2.Al/c21-20(22,23)15-12-26(25-16(15)11-13-7-3-1-4-8-13)19-17(27)24-18(28-19)14-9-5-2-6-10-14;/h1-10,12,27H,11H2;/q;+1/p-1. The first kappa shape index (κ1) is 20.2. The van der Waals surface area contributed by atoms with Gasteiger partial charge in [-0.3, -0.25) is 0 Å². The molecule has 0 aliphatic carbocycles. The molecule has 0 unspecified atom stereocenters. The molecular weight excluding hydrogens is 430 g/mol. The first-order chi connectivity index (χ1) is 14.0. The van der Waals surface area contributed by atoms with Gasteiger partial charge in [0, 0.05) is 18.2 Å². The van der Waals surface area contributed by atoms with Crippen LogP contribution in [0, 0.1) is 0 Å². The third-order valence-electron chi connectivity index (χ3n) is 4.23. The first-order valence-corrected chi connectivity index (χ1v) is 11.7. The molecule has 0 N–H and O–H groups in total. The lowest BCUT2D eigenvalue weighted by Crippen LogP contribution is -2.07. The molecule has 3 nitrogen and oxygen atoms in total. The van der Waals surface area contributed by atoms with Gasteiger partial charge < -0.3 is 0 Å². The van der Waals surface area contributed by atoms with Crippen LogP contribution >= 0.6 is 21.5 Å². The number of hydrogen-bond acceptors (Lipinski definition) is 4. The minimum Gasteiger partial charge on any atom is -0.233 e. The summed E-state index contributed by atoms with van der Waals surface area (Å²) in [6.07, 6.45) is -3.31. The number of aromatic nitrogens is 3. The molecule has 2 aromatic carbocycles. The molecule has 29 heavy (non-hydrogen) atoms. The third kappa shape index (κ3) is 4.43. The fourth-order valence-electron chi connectivity index (χ4n) is 2.89. The molecule has 0 bridgehead atoms. The first-order valence-electron chi connectivity index (χ1n) is 8.58. The summed E-state index contributed by atoms with van der Waals surface area (Å²) in [4.78, 5) is 4.58. The van der Waals surface area contributed by atoms with E-state index in [9.17, 15) is 13.2 Å². The van der Waals surface area contributed by atoms with E-state index in [0.29, 0.717) is 10.0 Å². The average Bonchev–Trinajstić information content (AvgIpc) is 3.33. The molecule has 2 radical (unpaired) electrons. The normalized spacial score (nSPS) is 11.7. The zero-order valence-electron chi connectivity index (χ0n) is 14.9. The molecule has 4 rings (SSSR count). The molecule has 0 fully saturated rings. The molecule has 0 saturated heterocycles. The fourth-order valence-corrected chi connectivity index (χ4v) is 5.20. The molecule has 0 spiro atoms. The highest BCUT2D eigenvalue weighted by Gasteiger charge is 2.36. The lowest BCUT2D eigenvalue weighted by Gasteiger charge is -2.05. The SMILES string of the molecule is FC(F)(F)c1cn(-c2sc(-c3ccccc3)nc2[S][Al])nc1Cc1ccccc1. The van der Waals surface area contributed by atoms with Crippen LogP contribution in [0.2, 0.25) is 0 Å². The van der Waals surface area contributed by atoms with Crippen LogP contribution in [0.5, 0.6) is 0 Å². The summed E-state index contributed by atoms with van der Waals surface area (Å²) in [5, 5.41) is 6.21. The maximum Gasteiger partial charge on any atom is 0.419 e. The van der Waals surface area contributed by atoms with E-state index in [1.807, 2.05) is 36.4 Å². The lowest BCUT2D eigenvalue weighted by molar-refractivity contribution is -0.138. The van der Waals surface area contributed by atoms with Crippen LogP contribution in [0.4, 0.5) is 13.2 Å². The predicted octanol–water partition coefficient (Wildman–Crippen LogP) is 5.78. The predicted molar refractivity (Wildman–Crippen MR) is 111 cm³/mol. The Morgan fingerprint density at radius 1 is 1.00 bits per heavy atom. The van der Waals surface area contributed by atoms with Gasteiger partial charge in [-0.15, -0.1) is 0 Å². The van der Waals surface area contributed by atoms with Crippen molar-refractivity contribution >= 4 is 36.6 Å². The Hall–Kier alpha value is -2.05. The number of nitrogens with zero attached hydrogens (tertiary/aromatic N) is 3. The smallest absolute Gasteiger partial charge is 0.233 e. The van der Waals surface area contributed by atoms with E-state index < -0.39 is 11.7 Å². The van der Waals surface area contributed by atoms with Gasteiger partial charge in [-0.2, -0.15) is 18.3 Å². The molecule has 0 atom stereocenters. The van der Waals surface area contributed by atoms with Gasteiger partial charge in [0.2, 0.25) is 15.2 Å². The highest BCUT2D eigenvalue weighted by molar-refractivity contribution is 8.19. The second-order valence-electron chi connectivity index (χ2n) is 6.21. The fraction of sp³-hybridized carbons (Fsp3) is 0.100. The van der Waals surface area contributed by atoms with Crippen molar-refractivity contribution in [3.05, 3.63) is 83.7 Å². The van der Waals surface area contributed by atoms with Gasteiger partial charge in [-0.25, -0.2) is 19.8 Å². The number of rotatable bonds is 5. The molecule has 2 heterocycles. The summed E-state index contributed by atoms with van der Waals surface area (Å²) in [5.41, 5.74) is 0.962. The van der Waals surface area contributed by atoms with Crippen molar-refractivity contribution in [3.63, 3.8) is 0 Å².